The van der Waals surface area contributed by atoms with Gasteiger partial charge in [0, 0.05) is 35.2 Å². The number of nitrogens with two attached hydrogens (primary N) is 1. The van der Waals surface area contributed by atoms with Crippen molar-refractivity contribution in [1.29, 1.82) is 0 Å². The summed E-state index contributed by atoms with van der Waals surface area (Å²) in [5.41, 5.74) is 6.09. The van der Waals surface area contributed by atoms with Gasteiger partial charge in [-0.2, -0.15) is 0 Å². The standard InChI is InChI=1S/C11H9NO2.Na/c12-9-6-5-7-3-1-2-4-8(7)10(9)11(13)14;/h1-6H,12H2,(H,13,14);. The topological polar surface area (TPSA) is 63.3 Å². The summed E-state index contributed by atoms with van der Waals surface area (Å²) in [7, 11) is 0. The summed E-state index contributed by atoms with van der Waals surface area (Å²) in [6.07, 6.45) is 0. The first-order valence-electron chi connectivity index (χ1n) is 4.20. The molecule has 71 valence electrons. The summed E-state index contributed by atoms with van der Waals surface area (Å²) in [4.78, 5) is 11.0. The second-order valence-electron chi connectivity index (χ2n) is 3.06. The number of carboxylic acids is 1. The zero-order chi connectivity index (χ0) is 10.1. The minimum absolute atomic E-state index is 0. The van der Waals surface area contributed by atoms with E-state index in [0.717, 1.165) is 5.39 Å². The third-order valence-corrected chi connectivity index (χ3v) is 2.18. The van der Waals surface area contributed by atoms with E-state index in [2.05, 4.69) is 0 Å². The van der Waals surface area contributed by atoms with Gasteiger partial charge in [-0.05, 0) is 16.8 Å². The van der Waals surface area contributed by atoms with Crippen molar-refractivity contribution in [1.82, 2.24) is 0 Å². The summed E-state index contributed by atoms with van der Waals surface area (Å²) in [6, 6.07) is 10.7. The van der Waals surface area contributed by atoms with Crippen molar-refractivity contribution in [2.24, 2.45) is 0 Å². The SMILES string of the molecule is Nc1ccc2ccccc2c1C(=O)O.[Na]. The van der Waals surface area contributed by atoms with Crippen molar-refractivity contribution >= 4 is 52.0 Å². The normalized spacial score (nSPS) is 9.60. The second kappa shape index (κ2) is 4.66. The number of rotatable bonds is 1. The Morgan fingerprint density at radius 2 is 1.80 bits per heavy atom. The fourth-order valence-electron chi connectivity index (χ4n) is 1.53. The Morgan fingerprint density at radius 3 is 2.47 bits per heavy atom. The van der Waals surface area contributed by atoms with E-state index >= 15 is 0 Å². The van der Waals surface area contributed by atoms with Crippen LogP contribution in [0.5, 0.6) is 0 Å². The first kappa shape index (κ1) is 12.0. The predicted molar refractivity (Wildman–Crippen MR) is 61.1 cm³/mol. The van der Waals surface area contributed by atoms with Crippen molar-refractivity contribution in [3.05, 3.63) is 42.0 Å². The van der Waals surface area contributed by atoms with Gasteiger partial charge < -0.3 is 10.8 Å². The number of aromatic carboxylic acids is 1. The Balaban J connectivity index is 0.00000112. The summed E-state index contributed by atoms with van der Waals surface area (Å²) in [5.74, 6) is -0.987. The van der Waals surface area contributed by atoms with Crippen LogP contribution < -0.4 is 5.73 Å². The predicted octanol–water partition coefficient (Wildman–Crippen LogP) is 1.74. The van der Waals surface area contributed by atoms with Crippen molar-refractivity contribution in [3.63, 3.8) is 0 Å². The van der Waals surface area contributed by atoms with Crippen LogP contribution in [0.4, 0.5) is 5.69 Å². The molecule has 2 aromatic rings. The van der Waals surface area contributed by atoms with E-state index < -0.39 is 5.97 Å². The molecule has 15 heavy (non-hydrogen) atoms. The largest absolute Gasteiger partial charge is 0.478 e. The molecule has 3 N–H and O–H groups in total. The van der Waals surface area contributed by atoms with E-state index in [0.29, 0.717) is 11.1 Å². The zero-order valence-electron chi connectivity index (χ0n) is 8.40. The molecule has 0 aliphatic carbocycles. The van der Waals surface area contributed by atoms with Crippen molar-refractivity contribution in [3.8, 4) is 0 Å². The maximum atomic E-state index is 11.0. The number of hydrogen-bond donors (Lipinski definition) is 2. The molecule has 4 heteroatoms. The van der Waals surface area contributed by atoms with Crippen LogP contribution in [0.1, 0.15) is 10.4 Å². The zero-order valence-corrected chi connectivity index (χ0v) is 10.4. The monoisotopic (exact) mass is 210 g/mol. The van der Waals surface area contributed by atoms with Gasteiger partial charge >= 0.3 is 5.97 Å². The quantitative estimate of drug-likeness (QED) is 0.556. The van der Waals surface area contributed by atoms with Gasteiger partial charge in [-0.1, -0.05) is 30.3 Å². The minimum Gasteiger partial charge on any atom is -0.478 e. The molecule has 0 amide bonds. The van der Waals surface area contributed by atoms with Gasteiger partial charge in [0.25, 0.3) is 0 Å². The van der Waals surface area contributed by atoms with Crippen LogP contribution in [0.3, 0.4) is 0 Å². The van der Waals surface area contributed by atoms with E-state index in [1.165, 1.54) is 0 Å². The number of carboxylic acid groups (broad SMARTS) is 1. The number of fused-ring (bicyclic) bond motifs is 1. The molecule has 1 radical (unpaired) electrons. The first-order valence-corrected chi connectivity index (χ1v) is 4.20. The van der Waals surface area contributed by atoms with E-state index in [1.54, 1.807) is 18.2 Å². The number of hydrogen-bond acceptors (Lipinski definition) is 2. The molecule has 0 heterocycles. The first-order chi connectivity index (χ1) is 6.70. The maximum absolute atomic E-state index is 11.0. The molecule has 0 aliphatic heterocycles. The number of anilines is 1. The molecule has 3 nitrogen and oxygen atoms in total. The average Bonchev–Trinajstić information content (AvgIpc) is 2.17. The molecule has 0 fully saturated rings. The van der Waals surface area contributed by atoms with E-state index in [4.69, 9.17) is 10.8 Å². The van der Waals surface area contributed by atoms with Gasteiger partial charge in [0.15, 0.2) is 0 Å². The van der Waals surface area contributed by atoms with E-state index in [9.17, 15) is 4.79 Å². The van der Waals surface area contributed by atoms with E-state index in [-0.39, 0.29) is 35.1 Å². The molecule has 0 saturated carbocycles. The Labute approximate surface area is 109 Å². The van der Waals surface area contributed by atoms with Crippen molar-refractivity contribution < 1.29 is 9.90 Å². The van der Waals surface area contributed by atoms with Crippen LogP contribution in [0.2, 0.25) is 0 Å². The molecule has 0 aromatic heterocycles. The third-order valence-electron chi connectivity index (χ3n) is 2.18. The summed E-state index contributed by atoms with van der Waals surface area (Å²) in [6.45, 7) is 0. The molecule has 0 unspecified atom stereocenters. The van der Waals surface area contributed by atoms with Crippen molar-refractivity contribution in [2.75, 3.05) is 5.73 Å². The molecule has 2 aromatic carbocycles. The number of benzene rings is 2. The molecule has 2 rings (SSSR count). The summed E-state index contributed by atoms with van der Waals surface area (Å²) in [5, 5.41) is 10.6. The molecular formula is C11H9NNaO2. The van der Waals surface area contributed by atoms with Gasteiger partial charge in [-0.3, -0.25) is 0 Å². The van der Waals surface area contributed by atoms with Crippen LogP contribution in [-0.4, -0.2) is 40.6 Å². The van der Waals surface area contributed by atoms with Gasteiger partial charge in [0.2, 0.25) is 0 Å². The molecule has 0 saturated heterocycles. The van der Waals surface area contributed by atoms with Crippen LogP contribution in [-0.2, 0) is 0 Å². The third kappa shape index (κ3) is 2.15. The molecule has 0 spiro atoms. The van der Waals surface area contributed by atoms with Crippen LogP contribution in [0, 0.1) is 0 Å². The maximum Gasteiger partial charge on any atom is 0.338 e. The Bertz CT molecular complexity index is 511. The number of carbonyl (C=O) groups is 1. The summed E-state index contributed by atoms with van der Waals surface area (Å²) >= 11 is 0. The van der Waals surface area contributed by atoms with Gasteiger partial charge in [0.1, 0.15) is 0 Å². The Hall–Kier alpha value is -1.03. The minimum atomic E-state index is -0.987. The second-order valence-corrected chi connectivity index (χ2v) is 3.06. The van der Waals surface area contributed by atoms with Crippen LogP contribution in [0.15, 0.2) is 36.4 Å². The summed E-state index contributed by atoms with van der Waals surface area (Å²) < 4.78 is 0. The smallest absolute Gasteiger partial charge is 0.338 e. The van der Waals surface area contributed by atoms with E-state index in [1.807, 2.05) is 18.2 Å². The van der Waals surface area contributed by atoms with Crippen LogP contribution in [0.25, 0.3) is 10.8 Å². The van der Waals surface area contributed by atoms with Gasteiger partial charge in [0.05, 0.1) is 5.56 Å². The molecular weight excluding hydrogens is 201 g/mol. The average molecular weight is 210 g/mol. The van der Waals surface area contributed by atoms with Gasteiger partial charge in [-0.25, -0.2) is 4.79 Å². The molecule has 0 atom stereocenters. The Kier molecular flexibility index (Phi) is 3.74. The van der Waals surface area contributed by atoms with Crippen molar-refractivity contribution in [2.45, 2.75) is 0 Å². The molecule has 0 bridgehead atoms. The van der Waals surface area contributed by atoms with Crippen LogP contribution >= 0.6 is 0 Å². The number of nitrogen functional groups attached to an aromatic ring is 1. The fraction of sp³-hybridized carbons (Fsp3) is 0. The molecule has 0 aliphatic rings. The van der Waals surface area contributed by atoms with Gasteiger partial charge in [-0.15, -0.1) is 0 Å². The fourth-order valence-corrected chi connectivity index (χ4v) is 1.53. The Morgan fingerprint density at radius 1 is 1.13 bits per heavy atom.